The molecule has 0 aromatic heterocycles. The number of hydrogen-bond donors (Lipinski definition) is 2. The fraction of sp³-hybridized carbons (Fsp3) is 0.300. The lowest BCUT2D eigenvalue weighted by Gasteiger charge is -2.12. The van der Waals surface area contributed by atoms with E-state index in [0.29, 0.717) is 30.0 Å². The van der Waals surface area contributed by atoms with E-state index in [1.54, 1.807) is 18.2 Å². The lowest BCUT2D eigenvalue weighted by Crippen LogP contribution is -2.27. The van der Waals surface area contributed by atoms with Crippen LogP contribution in [-0.2, 0) is 9.53 Å². The SMILES string of the molecule is O=C(Nc1ccc(OCC(F)(F)F)cc1)c1cccc(NC(=O)C2CCCO2)c1. The Balaban J connectivity index is 1.58. The Hall–Kier alpha value is -3.07. The summed E-state index contributed by atoms with van der Waals surface area (Å²) in [5.74, 6) is -0.643. The van der Waals surface area contributed by atoms with Gasteiger partial charge in [0.05, 0.1) is 0 Å². The van der Waals surface area contributed by atoms with Gasteiger partial charge in [0.15, 0.2) is 6.61 Å². The van der Waals surface area contributed by atoms with Gasteiger partial charge in [0.2, 0.25) is 0 Å². The van der Waals surface area contributed by atoms with Crippen LogP contribution in [0.3, 0.4) is 0 Å². The van der Waals surface area contributed by atoms with E-state index in [9.17, 15) is 22.8 Å². The minimum atomic E-state index is -4.42. The number of ether oxygens (including phenoxy) is 2. The van der Waals surface area contributed by atoms with Crippen molar-refractivity contribution in [2.24, 2.45) is 0 Å². The Labute approximate surface area is 165 Å². The number of hydrogen-bond acceptors (Lipinski definition) is 4. The summed E-state index contributed by atoms with van der Waals surface area (Å²) in [6.45, 7) is -0.830. The van der Waals surface area contributed by atoms with Gasteiger partial charge in [-0.1, -0.05) is 6.07 Å². The summed E-state index contributed by atoms with van der Waals surface area (Å²) < 4.78 is 46.4. The first-order chi connectivity index (χ1) is 13.8. The van der Waals surface area contributed by atoms with Crippen molar-refractivity contribution in [3.63, 3.8) is 0 Å². The summed E-state index contributed by atoms with van der Waals surface area (Å²) in [5, 5.41) is 5.36. The van der Waals surface area contributed by atoms with Crippen LogP contribution in [0.2, 0.25) is 0 Å². The predicted molar refractivity (Wildman–Crippen MR) is 100.0 cm³/mol. The number of halogens is 3. The van der Waals surface area contributed by atoms with Crippen LogP contribution in [0.25, 0.3) is 0 Å². The summed E-state index contributed by atoms with van der Waals surface area (Å²) in [5.41, 5.74) is 1.17. The molecule has 2 N–H and O–H groups in total. The quantitative estimate of drug-likeness (QED) is 0.758. The molecule has 2 amide bonds. The third-order valence-corrected chi connectivity index (χ3v) is 4.13. The summed E-state index contributed by atoms with van der Waals surface area (Å²) in [6.07, 6.45) is -3.41. The van der Waals surface area contributed by atoms with Gasteiger partial charge in [-0.25, -0.2) is 0 Å². The molecule has 154 valence electrons. The largest absolute Gasteiger partial charge is 0.484 e. The van der Waals surface area contributed by atoms with Gasteiger partial charge in [-0.15, -0.1) is 0 Å². The molecular formula is C20H19F3N2O4. The fourth-order valence-electron chi connectivity index (χ4n) is 2.75. The zero-order valence-corrected chi connectivity index (χ0v) is 15.3. The second-order valence-electron chi connectivity index (χ2n) is 6.45. The zero-order chi connectivity index (χ0) is 20.9. The smallest absolute Gasteiger partial charge is 0.422 e. The van der Waals surface area contributed by atoms with E-state index in [0.717, 1.165) is 6.42 Å². The number of carbonyl (C=O) groups excluding carboxylic acids is 2. The lowest BCUT2D eigenvalue weighted by molar-refractivity contribution is -0.153. The minimum Gasteiger partial charge on any atom is -0.484 e. The van der Waals surface area contributed by atoms with E-state index in [4.69, 9.17) is 4.74 Å². The Kier molecular flexibility index (Phi) is 6.38. The van der Waals surface area contributed by atoms with Crippen LogP contribution in [0.15, 0.2) is 48.5 Å². The van der Waals surface area contributed by atoms with Gasteiger partial charge in [-0.2, -0.15) is 13.2 Å². The zero-order valence-electron chi connectivity index (χ0n) is 15.3. The molecule has 3 rings (SSSR count). The summed E-state index contributed by atoms with van der Waals surface area (Å²) in [7, 11) is 0. The maximum absolute atomic E-state index is 12.4. The molecule has 29 heavy (non-hydrogen) atoms. The van der Waals surface area contributed by atoms with Gasteiger partial charge < -0.3 is 20.1 Å². The lowest BCUT2D eigenvalue weighted by atomic mass is 10.1. The average Bonchev–Trinajstić information content (AvgIpc) is 3.22. The third-order valence-electron chi connectivity index (χ3n) is 4.13. The molecule has 6 nitrogen and oxygen atoms in total. The molecule has 1 fully saturated rings. The van der Waals surface area contributed by atoms with Crippen LogP contribution in [0.5, 0.6) is 5.75 Å². The predicted octanol–water partition coefficient (Wildman–Crippen LogP) is 4.00. The Bertz CT molecular complexity index is 863. The maximum atomic E-state index is 12.4. The Morgan fingerprint density at radius 1 is 1.07 bits per heavy atom. The van der Waals surface area contributed by atoms with Gasteiger partial charge in [0.1, 0.15) is 11.9 Å². The van der Waals surface area contributed by atoms with E-state index in [2.05, 4.69) is 15.4 Å². The standard InChI is InChI=1S/C20H19F3N2O4/c21-20(22,23)12-29-16-8-6-14(7-9-16)24-18(26)13-3-1-4-15(11-13)25-19(27)17-5-2-10-28-17/h1,3-4,6-9,11,17H,2,5,10,12H2,(H,24,26)(H,25,27). The van der Waals surface area contributed by atoms with Crippen molar-refractivity contribution in [1.29, 1.82) is 0 Å². The van der Waals surface area contributed by atoms with Gasteiger partial charge in [-0.05, 0) is 55.3 Å². The van der Waals surface area contributed by atoms with Crippen LogP contribution >= 0.6 is 0 Å². The highest BCUT2D eigenvalue weighted by Crippen LogP contribution is 2.21. The summed E-state index contributed by atoms with van der Waals surface area (Å²) in [6, 6.07) is 11.9. The Morgan fingerprint density at radius 3 is 2.48 bits per heavy atom. The van der Waals surface area contributed by atoms with Gasteiger partial charge in [-0.3, -0.25) is 9.59 Å². The molecule has 1 atom stereocenters. The summed E-state index contributed by atoms with van der Waals surface area (Å²) >= 11 is 0. The molecule has 0 bridgehead atoms. The van der Waals surface area contributed by atoms with Crippen molar-refractivity contribution in [1.82, 2.24) is 0 Å². The maximum Gasteiger partial charge on any atom is 0.422 e. The molecular weight excluding hydrogens is 389 g/mol. The molecule has 0 spiro atoms. The molecule has 1 aliphatic heterocycles. The number of rotatable bonds is 6. The molecule has 0 saturated carbocycles. The molecule has 2 aromatic rings. The second kappa shape index (κ2) is 8.95. The van der Waals surface area contributed by atoms with Crippen LogP contribution in [0, 0.1) is 0 Å². The molecule has 2 aromatic carbocycles. The number of amides is 2. The van der Waals surface area contributed by atoms with Gasteiger partial charge in [0, 0.05) is 23.5 Å². The van der Waals surface area contributed by atoms with E-state index >= 15 is 0 Å². The molecule has 1 unspecified atom stereocenters. The minimum absolute atomic E-state index is 0.0409. The number of alkyl halides is 3. The first kappa shape index (κ1) is 20.7. The second-order valence-corrected chi connectivity index (χ2v) is 6.45. The molecule has 0 aliphatic carbocycles. The van der Waals surface area contributed by atoms with E-state index in [-0.39, 0.29) is 11.7 Å². The van der Waals surface area contributed by atoms with Crippen molar-refractivity contribution in [3.05, 3.63) is 54.1 Å². The van der Waals surface area contributed by atoms with Crippen LogP contribution in [0.1, 0.15) is 23.2 Å². The highest BCUT2D eigenvalue weighted by atomic mass is 19.4. The van der Waals surface area contributed by atoms with Crippen LogP contribution in [-0.4, -0.2) is 37.3 Å². The number of carbonyl (C=O) groups is 2. The van der Waals surface area contributed by atoms with Crippen molar-refractivity contribution >= 4 is 23.2 Å². The molecule has 0 radical (unpaired) electrons. The van der Waals surface area contributed by atoms with Gasteiger partial charge >= 0.3 is 6.18 Å². The normalized spacial score (nSPS) is 16.3. The molecule has 1 aliphatic rings. The van der Waals surface area contributed by atoms with Crippen LogP contribution < -0.4 is 15.4 Å². The fourth-order valence-corrected chi connectivity index (χ4v) is 2.75. The Morgan fingerprint density at radius 2 is 1.83 bits per heavy atom. The third kappa shape index (κ3) is 6.21. The number of nitrogens with one attached hydrogen (secondary N) is 2. The highest BCUT2D eigenvalue weighted by molar-refractivity contribution is 6.05. The summed E-state index contributed by atoms with van der Waals surface area (Å²) in [4.78, 5) is 24.5. The van der Waals surface area contributed by atoms with Crippen molar-refractivity contribution in [3.8, 4) is 5.75 Å². The number of benzene rings is 2. The molecule has 1 saturated heterocycles. The highest BCUT2D eigenvalue weighted by Gasteiger charge is 2.28. The molecule has 9 heteroatoms. The van der Waals surface area contributed by atoms with E-state index in [1.165, 1.54) is 30.3 Å². The topological polar surface area (TPSA) is 76.7 Å². The first-order valence-electron chi connectivity index (χ1n) is 8.94. The van der Waals surface area contributed by atoms with Crippen molar-refractivity contribution in [2.45, 2.75) is 25.1 Å². The average molecular weight is 408 g/mol. The monoisotopic (exact) mass is 408 g/mol. The van der Waals surface area contributed by atoms with Gasteiger partial charge in [0.25, 0.3) is 11.8 Å². The van der Waals surface area contributed by atoms with Crippen molar-refractivity contribution in [2.75, 3.05) is 23.8 Å². The molecule has 1 heterocycles. The number of anilines is 2. The van der Waals surface area contributed by atoms with E-state index in [1.807, 2.05) is 0 Å². The first-order valence-corrected chi connectivity index (χ1v) is 8.94. The van der Waals surface area contributed by atoms with Crippen molar-refractivity contribution < 1.29 is 32.2 Å². The van der Waals surface area contributed by atoms with Crippen LogP contribution in [0.4, 0.5) is 24.5 Å². The van der Waals surface area contributed by atoms with E-state index < -0.39 is 24.8 Å².